The first-order valence-electron chi connectivity index (χ1n) is 6.09. The maximum atomic E-state index is 9.29. The van der Waals surface area contributed by atoms with Crippen LogP contribution in [0.25, 0.3) is 0 Å². The molecule has 0 amide bonds. The van der Waals surface area contributed by atoms with Crippen molar-refractivity contribution in [2.75, 3.05) is 6.61 Å². The average Bonchev–Trinajstić information content (AvgIpc) is 2.34. The maximum absolute atomic E-state index is 9.29. The van der Waals surface area contributed by atoms with Crippen molar-refractivity contribution in [2.45, 2.75) is 39.5 Å². The van der Waals surface area contributed by atoms with Crippen LogP contribution in [0.1, 0.15) is 39.5 Å². The van der Waals surface area contributed by atoms with E-state index in [1.807, 2.05) is 0 Å². The van der Waals surface area contributed by atoms with E-state index in [1.54, 1.807) is 12.1 Å². The van der Waals surface area contributed by atoms with Gasteiger partial charge < -0.3 is 9.94 Å². The van der Waals surface area contributed by atoms with Crippen LogP contribution in [0.4, 0.5) is 0 Å². The van der Waals surface area contributed by atoms with Gasteiger partial charge in [-0.15, -0.1) is 0 Å². The smallest absolute Gasteiger partial charge is 0.234 e. The molecule has 1 N–H and O–H groups in total. The van der Waals surface area contributed by atoms with Gasteiger partial charge in [0.2, 0.25) is 5.88 Å². The fraction of sp³-hybridized carbons (Fsp3) is 0.667. The van der Waals surface area contributed by atoms with Gasteiger partial charge >= 0.3 is 0 Å². The number of unbranched alkanes of at least 4 members (excludes halogenated alkanes) is 1. The lowest BCUT2D eigenvalue weighted by Crippen LogP contribution is -2.13. The van der Waals surface area contributed by atoms with Crippen LogP contribution in [0.3, 0.4) is 0 Å². The van der Waals surface area contributed by atoms with E-state index in [-0.39, 0.29) is 4.64 Å². The Bertz CT molecular complexity index is 392. The van der Waals surface area contributed by atoms with E-state index in [4.69, 9.17) is 17.0 Å². The van der Waals surface area contributed by atoms with Crippen LogP contribution in [-0.2, 0) is 0 Å². The minimum absolute atomic E-state index is 0.273. The maximum Gasteiger partial charge on any atom is 0.234 e. The molecule has 0 radical (unpaired) electrons. The lowest BCUT2D eigenvalue weighted by atomic mass is 10.0. The summed E-state index contributed by atoms with van der Waals surface area (Å²) in [4.78, 5) is 0.664. The van der Waals surface area contributed by atoms with Crippen molar-refractivity contribution in [2.24, 2.45) is 5.92 Å². The van der Waals surface area contributed by atoms with Crippen LogP contribution in [0.15, 0.2) is 12.1 Å². The summed E-state index contributed by atoms with van der Waals surface area (Å²) >= 11 is 4.82. The fourth-order valence-electron chi connectivity index (χ4n) is 1.56. The van der Waals surface area contributed by atoms with Crippen molar-refractivity contribution < 1.29 is 9.94 Å². The summed E-state index contributed by atoms with van der Waals surface area (Å²) in [6, 6.07) is 3.28. The van der Waals surface area contributed by atoms with Crippen LogP contribution in [0.2, 0.25) is 0 Å². The minimum Gasteiger partial charge on any atom is -0.476 e. The molecule has 0 bridgehead atoms. The monoisotopic (exact) mass is 256 g/mol. The third-order valence-electron chi connectivity index (χ3n) is 2.77. The Morgan fingerprint density at radius 1 is 1.47 bits per heavy atom. The predicted molar refractivity (Wildman–Crippen MR) is 69.0 cm³/mol. The van der Waals surface area contributed by atoms with Crippen molar-refractivity contribution >= 4 is 12.2 Å². The first kappa shape index (κ1) is 14.0. The Kier molecular flexibility index (Phi) is 5.97. The number of hydrogen-bond donors (Lipinski definition) is 1. The van der Waals surface area contributed by atoms with Gasteiger partial charge in [0.25, 0.3) is 0 Å². The largest absolute Gasteiger partial charge is 0.476 e. The molecule has 1 aromatic heterocycles. The molecule has 0 aliphatic rings. The molecule has 1 rings (SSSR count). The molecular weight excluding hydrogens is 236 g/mol. The highest BCUT2D eigenvalue weighted by Crippen LogP contribution is 2.14. The average molecular weight is 256 g/mol. The molecule has 1 unspecified atom stereocenters. The zero-order chi connectivity index (χ0) is 12.7. The number of rotatable bonds is 7. The Morgan fingerprint density at radius 3 is 2.82 bits per heavy atom. The van der Waals surface area contributed by atoms with E-state index < -0.39 is 0 Å². The highest BCUT2D eigenvalue weighted by molar-refractivity contribution is 7.71. The summed E-state index contributed by atoms with van der Waals surface area (Å²) in [5.41, 5.74) is 0. The first-order valence-corrected chi connectivity index (χ1v) is 6.50. The van der Waals surface area contributed by atoms with Crippen LogP contribution < -0.4 is 4.74 Å². The second-order valence-corrected chi connectivity index (χ2v) is 4.55. The molecule has 0 saturated carbocycles. The lowest BCUT2D eigenvalue weighted by Gasteiger charge is -2.14. The molecule has 0 aliphatic heterocycles. The van der Waals surface area contributed by atoms with Gasteiger partial charge in [-0.2, -0.15) is 0 Å². The van der Waals surface area contributed by atoms with Crippen molar-refractivity contribution in [1.29, 1.82) is 0 Å². The molecule has 0 spiro atoms. The molecule has 4 nitrogen and oxygen atoms in total. The quantitative estimate of drug-likeness (QED) is 0.599. The number of ether oxygens (including phenoxy) is 1. The summed E-state index contributed by atoms with van der Waals surface area (Å²) in [7, 11) is 0. The second-order valence-electron chi connectivity index (χ2n) is 4.13. The normalized spacial score (nSPS) is 12.4. The number of nitrogens with zero attached hydrogens (tertiary/aromatic N) is 2. The van der Waals surface area contributed by atoms with Crippen LogP contribution >= 0.6 is 12.2 Å². The van der Waals surface area contributed by atoms with Crippen LogP contribution in [0.5, 0.6) is 5.88 Å². The Morgan fingerprint density at radius 2 is 2.24 bits per heavy atom. The minimum atomic E-state index is 0.273. The highest BCUT2D eigenvalue weighted by atomic mass is 32.1. The summed E-state index contributed by atoms with van der Waals surface area (Å²) < 4.78 is 5.83. The second kappa shape index (κ2) is 7.27. The Balaban J connectivity index is 2.47. The van der Waals surface area contributed by atoms with Gasteiger partial charge in [-0.1, -0.05) is 55.3 Å². The molecule has 0 aliphatic carbocycles. The predicted octanol–water partition coefficient (Wildman–Crippen LogP) is 3.45. The molecule has 0 fully saturated rings. The molecule has 17 heavy (non-hydrogen) atoms. The number of hydrogen-bond acceptors (Lipinski definition) is 4. The molecule has 0 aromatic carbocycles. The molecule has 1 atom stereocenters. The van der Waals surface area contributed by atoms with Gasteiger partial charge in [-0.05, 0) is 18.4 Å². The van der Waals surface area contributed by atoms with Gasteiger partial charge in [0.1, 0.15) is 0 Å². The summed E-state index contributed by atoms with van der Waals surface area (Å²) in [6.45, 7) is 4.99. The molecule has 1 aromatic rings. The van der Waals surface area contributed by atoms with E-state index in [0.717, 1.165) is 6.42 Å². The van der Waals surface area contributed by atoms with E-state index in [2.05, 4.69) is 18.9 Å². The van der Waals surface area contributed by atoms with Gasteiger partial charge in [-0.25, -0.2) is 0 Å². The zero-order valence-corrected chi connectivity index (χ0v) is 11.2. The van der Waals surface area contributed by atoms with E-state index in [9.17, 15) is 5.21 Å². The summed E-state index contributed by atoms with van der Waals surface area (Å²) in [5, 5.41) is 13.1. The molecule has 5 heteroatoms. The third-order valence-corrected chi connectivity index (χ3v) is 3.07. The summed E-state index contributed by atoms with van der Waals surface area (Å²) in [5.74, 6) is 0.961. The summed E-state index contributed by atoms with van der Waals surface area (Å²) in [6.07, 6.45) is 4.69. The van der Waals surface area contributed by atoms with Crippen molar-refractivity contribution in [3.05, 3.63) is 16.8 Å². The number of aromatic nitrogens is 2. The van der Waals surface area contributed by atoms with Gasteiger partial charge in [-0.3, -0.25) is 0 Å². The van der Waals surface area contributed by atoms with E-state index in [1.165, 1.54) is 19.3 Å². The van der Waals surface area contributed by atoms with E-state index >= 15 is 0 Å². The fourth-order valence-corrected chi connectivity index (χ4v) is 1.67. The standard InChI is InChI=1S/C12H20N2O2S/c1-3-5-6-10(4-2)9-16-11-7-8-12(17)14(15)13-11/h7-8,10,15H,3-6,9H2,1-2H3. The lowest BCUT2D eigenvalue weighted by molar-refractivity contribution is 0.125. The van der Waals surface area contributed by atoms with Crippen molar-refractivity contribution in [3.8, 4) is 5.88 Å². The molecule has 0 saturated heterocycles. The van der Waals surface area contributed by atoms with Gasteiger partial charge in [0.05, 0.1) is 6.61 Å². The van der Waals surface area contributed by atoms with Crippen LogP contribution in [-0.4, -0.2) is 21.8 Å². The topological polar surface area (TPSA) is 47.3 Å². The zero-order valence-electron chi connectivity index (χ0n) is 10.4. The third kappa shape index (κ3) is 4.73. The van der Waals surface area contributed by atoms with Gasteiger partial charge in [0.15, 0.2) is 4.64 Å². The van der Waals surface area contributed by atoms with Gasteiger partial charge in [0, 0.05) is 6.07 Å². The molecule has 96 valence electrons. The SMILES string of the molecule is CCCCC(CC)COc1ccc(=S)n(O)n1. The van der Waals surface area contributed by atoms with Crippen LogP contribution in [0, 0.1) is 10.6 Å². The molecule has 1 heterocycles. The van der Waals surface area contributed by atoms with E-state index in [0.29, 0.717) is 23.2 Å². The van der Waals surface area contributed by atoms with Crippen molar-refractivity contribution in [1.82, 2.24) is 9.94 Å². The Labute approximate surface area is 107 Å². The Hall–Kier alpha value is -1.10. The highest BCUT2D eigenvalue weighted by Gasteiger charge is 2.07. The first-order chi connectivity index (χ1) is 8.17. The molecular formula is C12H20N2O2S. The van der Waals surface area contributed by atoms with Crippen molar-refractivity contribution in [3.63, 3.8) is 0 Å².